The van der Waals surface area contributed by atoms with Crippen LogP contribution in [0.3, 0.4) is 0 Å². The fraction of sp³-hybridized carbons (Fsp3) is 0.150. The van der Waals surface area contributed by atoms with E-state index in [1.54, 1.807) is 31.2 Å². The second-order valence-electron chi connectivity index (χ2n) is 5.87. The summed E-state index contributed by atoms with van der Waals surface area (Å²) < 4.78 is 23.5. The van der Waals surface area contributed by atoms with Crippen LogP contribution in [0.1, 0.15) is 33.3 Å². The van der Waals surface area contributed by atoms with E-state index in [1.165, 1.54) is 30.5 Å². The minimum Gasteiger partial charge on any atom is -0.466 e. The second-order valence-corrected chi connectivity index (χ2v) is 6.30. The van der Waals surface area contributed by atoms with E-state index in [9.17, 15) is 14.0 Å². The number of carbonyl (C=O) groups is 2. The molecule has 0 saturated carbocycles. The van der Waals surface area contributed by atoms with Crippen molar-refractivity contribution in [1.29, 1.82) is 0 Å². The molecule has 0 aliphatic rings. The lowest BCUT2D eigenvalue weighted by Gasteiger charge is -2.07. The molecule has 3 aromatic rings. The summed E-state index contributed by atoms with van der Waals surface area (Å²) in [5.74, 6) is -1.66. The molecule has 0 radical (unpaired) electrons. The molecule has 3 rings (SSSR count). The molecule has 8 nitrogen and oxygen atoms in total. The standard InChI is InChI=1S/C20H16ClFN4O4/c1-2-29-20(28)18-19(30-12-17(27)14-5-7-15(21)8-6-14)26(25-24-18)23-11-13-3-9-16(22)10-4-13/h3-11H,2,12H2,1H3. The van der Waals surface area contributed by atoms with Gasteiger partial charge in [-0.15, -0.1) is 5.10 Å². The third-order valence-corrected chi connectivity index (χ3v) is 4.03. The van der Waals surface area contributed by atoms with E-state index in [1.807, 2.05) is 0 Å². The fourth-order valence-corrected chi connectivity index (χ4v) is 2.44. The van der Waals surface area contributed by atoms with Crippen molar-refractivity contribution in [2.75, 3.05) is 13.2 Å². The summed E-state index contributed by atoms with van der Waals surface area (Å²) in [4.78, 5) is 25.5. The highest BCUT2D eigenvalue weighted by Crippen LogP contribution is 2.18. The molecule has 1 heterocycles. The Bertz CT molecular complexity index is 1070. The normalized spacial score (nSPS) is 10.9. The van der Waals surface area contributed by atoms with E-state index in [2.05, 4.69) is 15.4 Å². The molecule has 0 N–H and O–H groups in total. The molecule has 0 bridgehead atoms. The zero-order valence-electron chi connectivity index (χ0n) is 15.8. The molecule has 1 aromatic heterocycles. The van der Waals surface area contributed by atoms with Crippen LogP contribution in [0.2, 0.25) is 5.02 Å². The van der Waals surface area contributed by atoms with Gasteiger partial charge < -0.3 is 9.47 Å². The molecule has 0 unspecified atom stereocenters. The van der Waals surface area contributed by atoms with Gasteiger partial charge in [0.25, 0.3) is 5.88 Å². The minimum absolute atomic E-state index is 0.119. The molecule has 0 aliphatic carbocycles. The Labute approximate surface area is 175 Å². The molecule has 0 fully saturated rings. The molecule has 154 valence electrons. The van der Waals surface area contributed by atoms with Gasteiger partial charge in [-0.25, -0.2) is 9.18 Å². The van der Waals surface area contributed by atoms with Crippen molar-refractivity contribution in [2.45, 2.75) is 6.92 Å². The van der Waals surface area contributed by atoms with Gasteiger partial charge in [-0.05, 0) is 54.1 Å². The molecule has 10 heteroatoms. The SMILES string of the molecule is CCOC(=O)c1nnn(N=Cc2ccc(F)cc2)c1OCC(=O)c1ccc(Cl)cc1. The Morgan fingerprint density at radius 3 is 2.53 bits per heavy atom. The van der Waals surface area contributed by atoms with Crippen molar-refractivity contribution in [3.05, 3.63) is 76.2 Å². The van der Waals surface area contributed by atoms with Gasteiger partial charge in [0.05, 0.1) is 12.8 Å². The van der Waals surface area contributed by atoms with E-state index in [4.69, 9.17) is 21.1 Å². The van der Waals surface area contributed by atoms with E-state index in [0.29, 0.717) is 16.1 Å². The average molecular weight is 431 g/mol. The topological polar surface area (TPSA) is 95.7 Å². The maximum Gasteiger partial charge on any atom is 0.364 e. The number of rotatable bonds is 8. The molecular weight excluding hydrogens is 415 g/mol. The van der Waals surface area contributed by atoms with Gasteiger partial charge in [0.15, 0.2) is 12.4 Å². The molecule has 30 heavy (non-hydrogen) atoms. The summed E-state index contributed by atoms with van der Waals surface area (Å²) in [6.45, 7) is 1.36. The summed E-state index contributed by atoms with van der Waals surface area (Å²) in [5.41, 5.74) is 0.732. The van der Waals surface area contributed by atoms with Gasteiger partial charge in [0, 0.05) is 10.6 Å². The van der Waals surface area contributed by atoms with Crippen LogP contribution in [0, 0.1) is 5.82 Å². The smallest absolute Gasteiger partial charge is 0.364 e. The fourth-order valence-electron chi connectivity index (χ4n) is 2.32. The highest BCUT2D eigenvalue weighted by molar-refractivity contribution is 6.30. The third kappa shape index (κ3) is 5.26. The molecule has 0 aliphatic heterocycles. The van der Waals surface area contributed by atoms with Gasteiger partial charge >= 0.3 is 5.97 Å². The van der Waals surface area contributed by atoms with E-state index in [-0.39, 0.29) is 29.8 Å². The number of Topliss-reactive ketones (excluding diaryl/α,β-unsaturated/α-hetero) is 1. The maximum absolute atomic E-state index is 13.0. The summed E-state index contributed by atoms with van der Waals surface area (Å²) in [6, 6.07) is 11.8. The predicted molar refractivity (Wildman–Crippen MR) is 107 cm³/mol. The lowest BCUT2D eigenvalue weighted by atomic mass is 10.1. The number of aromatic nitrogens is 3. The van der Waals surface area contributed by atoms with Crippen molar-refractivity contribution >= 4 is 29.6 Å². The quantitative estimate of drug-likeness (QED) is 0.309. The Kier molecular flexibility index (Phi) is 6.87. The number of halogens is 2. The predicted octanol–water partition coefficient (Wildman–Crippen LogP) is 3.39. The first-order valence-corrected chi connectivity index (χ1v) is 9.20. The van der Waals surface area contributed by atoms with Gasteiger partial charge in [-0.3, -0.25) is 4.79 Å². The first kappa shape index (κ1) is 21.1. The summed E-state index contributed by atoms with van der Waals surface area (Å²) in [5, 5.41) is 12.0. The lowest BCUT2D eigenvalue weighted by Crippen LogP contribution is -2.15. The number of hydrogen-bond acceptors (Lipinski definition) is 7. The van der Waals surface area contributed by atoms with Crippen LogP contribution in [0.5, 0.6) is 5.88 Å². The molecule has 0 spiro atoms. The number of benzene rings is 2. The molecule has 0 amide bonds. The van der Waals surface area contributed by atoms with Crippen LogP contribution in [0.4, 0.5) is 4.39 Å². The maximum atomic E-state index is 13.0. The second kappa shape index (κ2) is 9.75. The Hall–Kier alpha value is -3.59. The highest BCUT2D eigenvalue weighted by atomic mass is 35.5. The van der Waals surface area contributed by atoms with Crippen LogP contribution in [-0.2, 0) is 4.74 Å². The van der Waals surface area contributed by atoms with Crippen LogP contribution < -0.4 is 4.74 Å². The van der Waals surface area contributed by atoms with Gasteiger partial charge in [-0.2, -0.15) is 5.10 Å². The molecule has 2 aromatic carbocycles. The number of nitrogens with zero attached hydrogens (tertiary/aromatic N) is 4. The number of ketones is 1. The van der Waals surface area contributed by atoms with E-state index < -0.39 is 12.6 Å². The zero-order valence-corrected chi connectivity index (χ0v) is 16.5. The van der Waals surface area contributed by atoms with E-state index in [0.717, 1.165) is 4.79 Å². The number of hydrogen-bond donors (Lipinski definition) is 0. The van der Waals surface area contributed by atoms with Crippen molar-refractivity contribution in [3.63, 3.8) is 0 Å². The van der Waals surface area contributed by atoms with Gasteiger partial charge in [0.1, 0.15) is 5.82 Å². The van der Waals surface area contributed by atoms with Crippen molar-refractivity contribution in [3.8, 4) is 5.88 Å². The van der Waals surface area contributed by atoms with Crippen LogP contribution in [-0.4, -0.2) is 46.3 Å². The van der Waals surface area contributed by atoms with Gasteiger partial charge in [0.2, 0.25) is 5.69 Å². The molecule has 0 saturated heterocycles. The van der Waals surface area contributed by atoms with Crippen molar-refractivity contribution < 1.29 is 23.5 Å². The van der Waals surface area contributed by atoms with Crippen LogP contribution in [0.15, 0.2) is 53.6 Å². The van der Waals surface area contributed by atoms with Gasteiger partial charge in [-0.1, -0.05) is 28.5 Å². The Balaban J connectivity index is 1.82. The first-order valence-electron chi connectivity index (χ1n) is 8.82. The molecule has 0 atom stereocenters. The summed E-state index contributed by atoms with van der Waals surface area (Å²) in [6.07, 6.45) is 1.37. The average Bonchev–Trinajstić information content (AvgIpc) is 3.15. The minimum atomic E-state index is -0.769. The summed E-state index contributed by atoms with van der Waals surface area (Å²) in [7, 11) is 0. The largest absolute Gasteiger partial charge is 0.466 e. The van der Waals surface area contributed by atoms with Crippen LogP contribution in [0.25, 0.3) is 0 Å². The zero-order chi connectivity index (χ0) is 21.5. The molecular formula is C20H16ClFN4O4. The third-order valence-electron chi connectivity index (χ3n) is 3.77. The number of carbonyl (C=O) groups excluding carboxylic acids is 2. The van der Waals surface area contributed by atoms with E-state index >= 15 is 0 Å². The lowest BCUT2D eigenvalue weighted by molar-refractivity contribution is 0.0512. The van der Waals surface area contributed by atoms with Crippen molar-refractivity contribution in [1.82, 2.24) is 15.1 Å². The van der Waals surface area contributed by atoms with Crippen LogP contribution >= 0.6 is 11.6 Å². The Morgan fingerprint density at radius 1 is 1.17 bits per heavy atom. The highest BCUT2D eigenvalue weighted by Gasteiger charge is 2.23. The first-order chi connectivity index (χ1) is 14.5. The number of ether oxygens (including phenoxy) is 2. The Morgan fingerprint density at radius 2 is 1.87 bits per heavy atom. The number of esters is 1. The monoisotopic (exact) mass is 430 g/mol. The van der Waals surface area contributed by atoms with Crippen molar-refractivity contribution in [2.24, 2.45) is 5.10 Å². The summed E-state index contributed by atoms with van der Waals surface area (Å²) >= 11 is 5.82.